The number of hydrogen-bond acceptors (Lipinski definition) is 7. The van der Waals surface area contributed by atoms with Crippen LogP contribution in [0.25, 0.3) is 0 Å². The highest BCUT2D eigenvalue weighted by Gasteiger charge is 2.53. The molecule has 0 unspecified atom stereocenters. The van der Waals surface area contributed by atoms with Crippen molar-refractivity contribution in [3.05, 3.63) is 30.1 Å². The van der Waals surface area contributed by atoms with Crippen LogP contribution in [0.5, 0.6) is 0 Å². The van der Waals surface area contributed by atoms with Crippen LogP contribution in [0.4, 0.5) is 0 Å². The molecule has 0 spiro atoms. The average molecular weight is 295 g/mol. The number of ether oxygens (including phenoxy) is 3. The van der Waals surface area contributed by atoms with Gasteiger partial charge in [-0.3, -0.25) is 19.4 Å². The van der Waals surface area contributed by atoms with Gasteiger partial charge in [0, 0.05) is 6.20 Å². The number of esters is 2. The Morgan fingerprint density at radius 3 is 2.24 bits per heavy atom. The molecule has 0 aliphatic heterocycles. The molecule has 0 saturated carbocycles. The standard InChI is InChI=1S/C14H17NO6/c1-3-20-12(17)14(9-19-10-16,13(18)21-4-2)11-7-5-6-8-15-11/h5-8,10H,3-4,9H2,1-2H3. The van der Waals surface area contributed by atoms with E-state index in [4.69, 9.17) is 9.47 Å². The van der Waals surface area contributed by atoms with Crippen LogP contribution < -0.4 is 0 Å². The Morgan fingerprint density at radius 2 is 1.81 bits per heavy atom. The quantitative estimate of drug-likeness (QED) is 0.300. The number of nitrogens with zero attached hydrogens (tertiary/aromatic N) is 1. The fourth-order valence-corrected chi connectivity index (χ4v) is 1.77. The largest absolute Gasteiger partial charge is 0.466 e. The van der Waals surface area contributed by atoms with E-state index in [0.29, 0.717) is 0 Å². The highest BCUT2D eigenvalue weighted by molar-refractivity contribution is 6.06. The summed E-state index contributed by atoms with van der Waals surface area (Å²) in [5, 5.41) is 0. The maximum Gasteiger partial charge on any atom is 0.333 e. The van der Waals surface area contributed by atoms with Crippen LogP contribution in [0.3, 0.4) is 0 Å². The minimum Gasteiger partial charge on any atom is -0.466 e. The molecular weight excluding hydrogens is 278 g/mol. The van der Waals surface area contributed by atoms with Gasteiger partial charge < -0.3 is 14.2 Å². The zero-order valence-corrected chi connectivity index (χ0v) is 11.9. The van der Waals surface area contributed by atoms with E-state index in [1.54, 1.807) is 26.0 Å². The monoisotopic (exact) mass is 295 g/mol. The van der Waals surface area contributed by atoms with Gasteiger partial charge in [-0.15, -0.1) is 0 Å². The Kier molecular flexibility index (Phi) is 6.32. The molecule has 0 aliphatic rings. The number of hydrogen-bond donors (Lipinski definition) is 0. The van der Waals surface area contributed by atoms with Gasteiger partial charge in [-0.05, 0) is 26.0 Å². The number of pyridine rings is 1. The van der Waals surface area contributed by atoms with Crippen LogP contribution in [0.1, 0.15) is 19.5 Å². The van der Waals surface area contributed by atoms with E-state index in [1.165, 1.54) is 12.3 Å². The second kappa shape index (κ2) is 7.98. The molecule has 0 atom stereocenters. The Morgan fingerprint density at radius 1 is 1.19 bits per heavy atom. The number of carbonyl (C=O) groups excluding carboxylic acids is 3. The highest BCUT2D eigenvalue weighted by atomic mass is 16.6. The van der Waals surface area contributed by atoms with Crippen LogP contribution in [0, 0.1) is 0 Å². The minimum absolute atomic E-state index is 0.0634. The van der Waals surface area contributed by atoms with Crippen LogP contribution in [-0.2, 0) is 34.0 Å². The molecule has 1 rings (SSSR count). The van der Waals surface area contributed by atoms with Gasteiger partial charge in [0.05, 0.1) is 18.9 Å². The molecule has 1 heterocycles. The van der Waals surface area contributed by atoms with Gasteiger partial charge in [-0.2, -0.15) is 0 Å². The van der Waals surface area contributed by atoms with E-state index in [9.17, 15) is 14.4 Å². The van der Waals surface area contributed by atoms with Crippen molar-refractivity contribution in [2.24, 2.45) is 0 Å². The summed E-state index contributed by atoms with van der Waals surface area (Å²) in [6.45, 7) is 2.95. The number of carbonyl (C=O) groups is 3. The van der Waals surface area contributed by atoms with Crippen molar-refractivity contribution in [3.8, 4) is 0 Å². The van der Waals surface area contributed by atoms with Crippen LogP contribution >= 0.6 is 0 Å². The molecule has 7 heteroatoms. The zero-order chi connectivity index (χ0) is 15.7. The molecule has 0 amide bonds. The van der Waals surface area contributed by atoms with E-state index in [1.807, 2.05) is 0 Å². The highest BCUT2D eigenvalue weighted by Crippen LogP contribution is 2.27. The van der Waals surface area contributed by atoms with Crippen molar-refractivity contribution >= 4 is 18.4 Å². The van der Waals surface area contributed by atoms with Gasteiger partial charge in [0.25, 0.3) is 6.47 Å². The molecule has 0 bridgehead atoms. The molecule has 1 aromatic rings. The van der Waals surface area contributed by atoms with Crippen molar-refractivity contribution in [2.75, 3.05) is 19.8 Å². The minimum atomic E-state index is -1.92. The topological polar surface area (TPSA) is 91.8 Å². The van der Waals surface area contributed by atoms with E-state index in [2.05, 4.69) is 9.72 Å². The second-order valence-electron chi connectivity index (χ2n) is 3.97. The summed E-state index contributed by atoms with van der Waals surface area (Å²) in [7, 11) is 0. The maximum atomic E-state index is 12.3. The molecule has 1 aromatic heterocycles. The number of aromatic nitrogens is 1. The number of rotatable bonds is 8. The van der Waals surface area contributed by atoms with Gasteiger partial charge >= 0.3 is 11.9 Å². The molecule has 0 aromatic carbocycles. The fourth-order valence-electron chi connectivity index (χ4n) is 1.77. The van der Waals surface area contributed by atoms with Gasteiger partial charge in [0.15, 0.2) is 0 Å². The predicted molar refractivity (Wildman–Crippen MR) is 71.2 cm³/mol. The molecule has 7 nitrogen and oxygen atoms in total. The molecule has 0 fully saturated rings. The lowest BCUT2D eigenvalue weighted by molar-refractivity contribution is -0.168. The lowest BCUT2D eigenvalue weighted by atomic mass is 9.84. The van der Waals surface area contributed by atoms with E-state index in [0.717, 1.165) is 0 Å². The third-order valence-corrected chi connectivity index (χ3v) is 2.72. The Hall–Kier alpha value is -2.44. The first kappa shape index (κ1) is 16.6. The summed E-state index contributed by atoms with van der Waals surface area (Å²) in [6.07, 6.45) is 1.42. The molecular formula is C14H17NO6. The maximum absolute atomic E-state index is 12.3. The third kappa shape index (κ3) is 3.56. The zero-order valence-electron chi connectivity index (χ0n) is 11.9. The van der Waals surface area contributed by atoms with Gasteiger partial charge in [-0.1, -0.05) is 6.07 Å². The first-order valence-corrected chi connectivity index (χ1v) is 6.44. The summed E-state index contributed by atoms with van der Waals surface area (Å²) in [4.78, 5) is 39.2. The Labute approximate surface area is 122 Å². The van der Waals surface area contributed by atoms with Crippen LogP contribution in [-0.4, -0.2) is 43.2 Å². The van der Waals surface area contributed by atoms with Crippen molar-refractivity contribution in [2.45, 2.75) is 19.3 Å². The first-order valence-electron chi connectivity index (χ1n) is 6.44. The average Bonchev–Trinajstić information content (AvgIpc) is 2.50. The first-order chi connectivity index (χ1) is 10.1. The predicted octanol–water partition coefficient (Wildman–Crippen LogP) is 0.619. The Balaban J connectivity index is 3.36. The summed E-state index contributed by atoms with van der Waals surface area (Å²) < 4.78 is 14.6. The molecule has 21 heavy (non-hydrogen) atoms. The van der Waals surface area contributed by atoms with Crippen molar-refractivity contribution < 1.29 is 28.6 Å². The van der Waals surface area contributed by atoms with Crippen molar-refractivity contribution in [3.63, 3.8) is 0 Å². The fraction of sp³-hybridized carbons (Fsp3) is 0.429. The van der Waals surface area contributed by atoms with E-state index < -0.39 is 24.0 Å². The summed E-state index contributed by atoms with van der Waals surface area (Å²) >= 11 is 0. The normalized spacial score (nSPS) is 10.6. The molecule has 114 valence electrons. The second-order valence-corrected chi connectivity index (χ2v) is 3.97. The van der Waals surface area contributed by atoms with E-state index in [-0.39, 0.29) is 25.4 Å². The molecule has 0 N–H and O–H groups in total. The van der Waals surface area contributed by atoms with Gasteiger partial charge in [0.2, 0.25) is 5.41 Å². The van der Waals surface area contributed by atoms with Gasteiger partial charge in [0.1, 0.15) is 6.61 Å². The summed E-state index contributed by atoms with van der Waals surface area (Å²) in [5.74, 6) is -1.74. The molecule has 0 saturated heterocycles. The molecule has 0 aliphatic carbocycles. The SMILES string of the molecule is CCOC(=O)C(COC=O)(C(=O)OCC)c1ccccn1. The lowest BCUT2D eigenvalue weighted by Crippen LogP contribution is -2.50. The van der Waals surface area contributed by atoms with Crippen molar-refractivity contribution in [1.82, 2.24) is 4.98 Å². The third-order valence-electron chi connectivity index (χ3n) is 2.72. The van der Waals surface area contributed by atoms with Crippen molar-refractivity contribution in [1.29, 1.82) is 0 Å². The van der Waals surface area contributed by atoms with Crippen LogP contribution in [0.15, 0.2) is 24.4 Å². The van der Waals surface area contributed by atoms with Gasteiger partial charge in [-0.25, -0.2) is 0 Å². The summed E-state index contributed by atoms with van der Waals surface area (Å²) in [5.41, 5.74) is -1.82. The summed E-state index contributed by atoms with van der Waals surface area (Å²) in [6, 6.07) is 4.71. The Bertz CT molecular complexity index is 469. The molecule has 0 radical (unpaired) electrons. The van der Waals surface area contributed by atoms with Crippen LogP contribution in [0.2, 0.25) is 0 Å². The smallest absolute Gasteiger partial charge is 0.333 e. The lowest BCUT2D eigenvalue weighted by Gasteiger charge is -2.27. The van der Waals surface area contributed by atoms with E-state index >= 15 is 0 Å².